The van der Waals surface area contributed by atoms with Gasteiger partial charge in [-0.1, -0.05) is 0 Å². The summed E-state index contributed by atoms with van der Waals surface area (Å²) in [7, 11) is 0. The van der Waals surface area contributed by atoms with Gasteiger partial charge in [-0.05, 0) is 6.42 Å². The monoisotopic (exact) mass is 111 g/mol. The van der Waals surface area contributed by atoms with E-state index in [4.69, 9.17) is 5.73 Å². The molecule has 0 bridgehead atoms. The minimum Gasteiger partial charge on any atom is -0.326 e. The second-order valence-corrected chi connectivity index (χ2v) is 1.81. The lowest BCUT2D eigenvalue weighted by Gasteiger charge is -1.99. The van der Waals surface area contributed by atoms with E-state index in [2.05, 4.69) is 9.98 Å². The first kappa shape index (κ1) is 5.44. The summed E-state index contributed by atoms with van der Waals surface area (Å²) >= 11 is 0. The van der Waals surface area contributed by atoms with Gasteiger partial charge in [-0.25, -0.2) is 4.99 Å². The quantitative estimate of drug-likeness (QED) is 0.463. The maximum absolute atomic E-state index is 5.53. The van der Waals surface area contributed by atoms with Crippen molar-refractivity contribution < 1.29 is 0 Å². The predicted octanol–water partition coefficient (Wildman–Crippen LogP) is -0.184. The number of hydrogen-bond donors (Lipinski definition) is 1. The smallest absolute Gasteiger partial charge is 0.109 e. The van der Waals surface area contributed by atoms with E-state index in [9.17, 15) is 0 Å². The Morgan fingerprint density at radius 2 is 2.50 bits per heavy atom. The normalized spacial score (nSPS) is 27.9. The van der Waals surface area contributed by atoms with Gasteiger partial charge in [0.25, 0.3) is 0 Å². The molecule has 0 aromatic rings. The highest BCUT2D eigenvalue weighted by Crippen LogP contribution is 1.88. The van der Waals surface area contributed by atoms with Crippen LogP contribution in [0.2, 0.25) is 0 Å². The Labute approximate surface area is 48.3 Å². The first-order chi connectivity index (χ1) is 3.89. The molecular formula is C5H9N3. The Bertz CT molecular complexity index is 103. The lowest BCUT2D eigenvalue weighted by atomic mass is 10.2. The Kier molecular flexibility index (Phi) is 1.75. The molecule has 0 saturated heterocycles. The van der Waals surface area contributed by atoms with Gasteiger partial charge in [0, 0.05) is 12.3 Å². The van der Waals surface area contributed by atoms with Gasteiger partial charge in [-0.2, -0.15) is 0 Å². The van der Waals surface area contributed by atoms with Crippen LogP contribution >= 0.6 is 0 Å². The van der Waals surface area contributed by atoms with Gasteiger partial charge in [-0.15, -0.1) is 0 Å². The Morgan fingerprint density at radius 3 is 3.38 bits per heavy atom. The van der Waals surface area contributed by atoms with Crippen LogP contribution in [-0.2, 0) is 0 Å². The molecule has 0 amide bonds. The van der Waals surface area contributed by atoms with Crippen molar-refractivity contribution in [2.24, 2.45) is 15.7 Å². The Morgan fingerprint density at radius 1 is 1.62 bits per heavy atom. The summed E-state index contributed by atoms with van der Waals surface area (Å²) in [5, 5.41) is 0. The number of hydrogen-bond acceptors (Lipinski definition) is 3. The van der Waals surface area contributed by atoms with Crippen LogP contribution in [0.25, 0.3) is 0 Å². The van der Waals surface area contributed by atoms with Gasteiger partial charge in [-0.3, -0.25) is 4.99 Å². The van der Waals surface area contributed by atoms with E-state index in [0.29, 0.717) is 6.54 Å². The second-order valence-electron chi connectivity index (χ2n) is 1.81. The number of nitrogens with two attached hydrogens (primary N) is 1. The third-order valence-electron chi connectivity index (χ3n) is 1.00. The second kappa shape index (κ2) is 2.57. The van der Waals surface area contributed by atoms with Crippen molar-refractivity contribution in [2.45, 2.75) is 12.5 Å². The van der Waals surface area contributed by atoms with E-state index in [1.54, 1.807) is 12.6 Å². The van der Waals surface area contributed by atoms with Crippen molar-refractivity contribution >= 4 is 12.6 Å². The van der Waals surface area contributed by atoms with Crippen LogP contribution in [0.4, 0.5) is 0 Å². The van der Waals surface area contributed by atoms with Crippen LogP contribution in [0.1, 0.15) is 6.42 Å². The molecule has 3 nitrogen and oxygen atoms in total. The zero-order valence-corrected chi connectivity index (χ0v) is 4.62. The van der Waals surface area contributed by atoms with Crippen LogP contribution in [0.5, 0.6) is 0 Å². The first-order valence-corrected chi connectivity index (χ1v) is 2.65. The minimum atomic E-state index is 0.178. The highest BCUT2D eigenvalue weighted by atomic mass is 14.9. The highest BCUT2D eigenvalue weighted by Gasteiger charge is 1.98. The molecule has 0 aromatic carbocycles. The summed E-state index contributed by atoms with van der Waals surface area (Å²) in [5.41, 5.74) is 5.53. The molecule has 1 aliphatic heterocycles. The van der Waals surface area contributed by atoms with Crippen LogP contribution in [0.15, 0.2) is 9.98 Å². The molecule has 0 aliphatic carbocycles. The average molecular weight is 111 g/mol. The molecule has 1 rings (SSSR count). The fraction of sp³-hybridized carbons (Fsp3) is 0.600. The van der Waals surface area contributed by atoms with E-state index in [0.717, 1.165) is 6.42 Å². The van der Waals surface area contributed by atoms with Crippen LogP contribution in [0.3, 0.4) is 0 Å². The van der Waals surface area contributed by atoms with Crippen LogP contribution in [0, 0.1) is 0 Å². The lowest BCUT2D eigenvalue weighted by Crippen LogP contribution is -2.22. The van der Waals surface area contributed by atoms with Gasteiger partial charge in [0.1, 0.15) is 6.34 Å². The highest BCUT2D eigenvalue weighted by molar-refractivity contribution is 5.73. The van der Waals surface area contributed by atoms with Crippen molar-refractivity contribution in [1.82, 2.24) is 0 Å². The van der Waals surface area contributed by atoms with Crippen molar-refractivity contribution in [2.75, 3.05) is 6.54 Å². The van der Waals surface area contributed by atoms with E-state index < -0.39 is 0 Å². The largest absolute Gasteiger partial charge is 0.326 e. The lowest BCUT2D eigenvalue weighted by molar-refractivity contribution is 0.723. The predicted molar refractivity (Wildman–Crippen MR) is 34.4 cm³/mol. The standard InChI is InChI=1S/C5H9N3/c6-5-1-2-7-4-8-3-5/h2,4-5H,1,3,6H2. The first-order valence-electron chi connectivity index (χ1n) is 2.65. The minimum absolute atomic E-state index is 0.178. The van der Waals surface area contributed by atoms with E-state index in [1.165, 1.54) is 0 Å². The van der Waals surface area contributed by atoms with Gasteiger partial charge in [0.2, 0.25) is 0 Å². The molecule has 1 heterocycles. The molecule has 0 aromatic heterocycles. The third kappa shape index (κ3) is 1.42. The van der Waals surface area contributed by atoms with E-state index in [1.807, 2.05) is 0 Å². The van der Waals surface area contributed by atoms with Crippen molar-refractivity contribution in [3.8, 4) is 0 Å². The van der Waals surface area contributed by atoms with E-state index in [-0.39, 0.29) is 6.04 Å². The zero-order chi connectivity index (χ0) is 5.82. The third-order valence-corrected chi connectivity index (χ3v) is 1.00. The van der Waals surface area contributed by atoms with Gasteiger partial charge in [0.15, 0.2) is 0 Å². The Balaban J connectivity index is 2.45. The molecule has 0 radical (unpaired) electrons. The summed E-state index contributed by atoms with van der Waals surface area (Å²) in [4.78, 5) is 7.73. The molecule has 3 heteroatoms. The molecule has 1 unspecified atom stereocenters. The molecular weight excluding hydrogens is 102 g/mol. The Hall–Kier alpha value is -0.700. The molecule has 0 saturated carbocycles. The van der Waals surface area contributed by atoms with Crippen molar-refractivity contribution in [3.05, 3.63) is 0 Å². The molecule has 2 N–H and O–H groups in total. The van der Waals surface area contributed by atoms with Crippen molar-refractivity contribution in [1.29, 1.82) is 0 Å². The molecule has 0 spiro atoms. The van der Waals surface area contributed by atoms with Gasteiger partial charge < -0.3 is 5.73 Å². The van der Waals surface area contributed by atoms with Gasteiger partial charge >= 0.3 is 0 Å². The summed E-state index contributed by atoms with van der Waals surface area (Å²) < 4.78 is 0. The van der Waals surface area contributed by atoms with Gasteiger partial charge in [0.05, 0.1) is 6.54 Å². The fourth-order valence-electron chi connectivity index (χ4n) is 0.548. The molecule has 1 aliphatic rings. The van der Waals surface area contributed by atoms with Crippen LogP contribution < -0.4 is 5.73 Å². The molecule has 8 heavy (non-hydrogen) atoms. The zero-order valence-electron chi connectivity index (χ0n) is 4.62. The number of rotatable bonds is 0. The fourth-order valence-corrected chi connectivity index (χ4v) is 0.548. The molecule has 1 atom stereocenters. The SMILES string of the molecule is NC1CC=NC=NC1. The molecule has 0 fully saturated rings. The van der Waals surface area contributed by atoms with Crippen LogP contribution in [-0.4, -0.2) is 25.1 Å². The molecule has 44 valence electrons. The summed E-state index contributed by atoms with van der Waals surface area (Å²) in [6, 6.07) is 0.178. The number of aliphatic imine (C=N–C) groups is 2. The maximum Gasteiger partial charge on any atom is 0.109 e. The summed E-state index contributed by atoms with van der Waals surface area (Å²) in [6.07, 6.45) is 4.19. The van der Waals surface area contributed by atoms with Crippen molar-refractivity contribution in [3.63, 3.8) is 0 Å². The summed E-state index contributed by atoms with van der Waals surface area (Å²) in [5.74, 6) is 0. The maximum atomic E-state index is 5.53. The number of nitrogens with zero attached hydrogens (tertiary/aromatic N) is 2. The topological polar surface area (TPSA) is 50.7 Å². The van der Waals surface area contributed by atoms with E-state index >= 15 is 0 Å². The summed E-state index contributed by atoms with van der Waals surface area (Å²) in [6.45, 7) is 0.708. The average Bonchev–Trinajstić information content (AvgIpc) is 1.94.